The molecule has 3 saturated carbocycles. The van der Waals surface area contributed by atoms with Crippen LogP contribution in [0, 0.1) is 34.5 Å². The van der Waals surface area contributed by atoms with Crippen LogP contribution in [-0.4, -0.2) is 11.6 Å². The SMILES string of the molecule is [2H][C@]1(C(C)=O)CC[C@H]2[C@@H]3CCC4=CC(=O)CC[C@]4(C)[C@H]3CC[C@@]21C. The fourth-order valence-electron chi connectivity index (χ4n) is 6.95. The largest absolute Gasteiger partial charge is 0.300 e. The molecule has 4 aliphatic rings. The molecule has 0 amide bonds. The average molecular weight is 315 g/mol. The first-order chi connectivity index (χ1) is 11.2. The van der Waals surface area contributed by atoms with Crippen LogP contribution in [0.4, 0.5) is 0 Å². The quantitative estimate of drug-likeness (QED) is 0.701. The molecule has 23 heavy (non-hydrogen) atoms. The van der Waals surface area contributed by atoms with Gasteiger partial charge in [-0.2, -0.15) is 0 Å². The zero-order valence-electron chi connectivity index (χ0n) is 15.8. The van der Waals surface area contributed by atoms with Gasteiger partial charge in [-0.1, -0.05) is 19.4 Å². The predicted molar refractivity (Wildman–Crippen MR) is 90.9 cm³/mol. The minimum atomic E-state index is -0.873. The summed E-state index contributed by atoms with van der Waals surface area (Å²) in [5, 5.41) is 0. The number of rotatable bonds is 1. The Bertz CT molecular complexity index is 638. The monoisotopic (exact) mass is 315 g/mol. The van der Waals surface area contributed by atoms with Gasteiger partial charge in [0.2, 0.25) is 0 Å². The van der Waals surface area contributed by atoms with Gasteiger partial charge in [0.1, 0.15) is 5.78 Å². The van der Waals surface area contributed by atoms with E-state index in [-0.39, 0.29) is 16.6 Å². The summed E-state index contributed by atoms with van der Waals surface area (Å²) in [4.78, 5) is 24.2. The third-order valence-corrected chi connectivity index (χ3v) is 8.17. The molecule has 0 bridgehead atoms. The number of carbonyl (C=O) groups is 2. The van der Waals surface area contributed by atoms with Gasteiger partial charge in [0.25, 0.3) is 0 Å². The van der Waals surface area contributed by atoms with Gasteiger partial charge in [-0.15, -0.1) is 0 Å². The molecule has 0 heterocycles. The van der Waals surface area contributed by atoms with E-state index >= 15 is 0 Å². The van der Waals surface area contributed by atoms with Gasteiger partial charge in [0.15, 0.2) is 5.78 Å². The van der Waals surface area contributed by atoms with E-state index in [0.717, 1.165) is 44.9 Å². The second kappa shape index (κ2) is 5.04. The molecule has 0 aromatic carbocycles. The minimum absolute atomic E-state index is 0.0665. The number of carbonyl (C=O) groups excluding carboxylic acids is 2. The van der Waals surface area contributed by atoms with Crippen molar-refractivity contribution in [2.45, 2.75) is 72.1 Å². The molecule has 4 rings (SSSR count). The van der Waals surface area contributed by atoms with E-state index in [0.29, 0.717) is 30.0 Å². The van der Waals surface area contributed by atoms with Crippen molar-refractivity contribution in [3.05, 3.63) is 11.6 Å². The van der Waals surface area contributed by atoms with Crippen molar-refractivity contribution in [1.82, 2.24) is 0 Å². The van der Waals surface area contributed by atoms with Gasteiger partial charge in [-0.3, -0.25) is 9.59 Å². The van der Waals surface area contributed by atoms with Crippen molar-refractivity contribution < 1.29 is 11.0 Å². The van der Waals surface area contributed by atoms with Crippen LogP contribution in [0.15, 0.2) is 11.6 Å². The van der Waals surface area contributed by atoms with E-state index in [9.17, 15) is 9.59 Å². The molecular formula is C21H30O2. The van der Waals surface area contributed by atoms with E-state index < -0.39 is 5.89 Å². The molecule has 2 nitrogen and oxygen atoms in total. The van der Waals surface area contributed by atoms with Crippen molar-refractivity contribution in [3.8, 4) is 0 Å². The van der Waals surface area contributed by atoms with Crippen LogP contribution in [0.2, 0.25) is 0 Å². The van der Waals surface area contributed by atoms with Gasteiger partial charge in [-0.05, 0) is 86.5 Å². The highest BCUT2D eigenvalue weighted by Crippen LogP contribution is 2.66. The number of hydrogen-bond acceptors (Lipinski definition) is 2. The molecule has 0 spiro atoms. The number of allylic oxidation sites excluding steroid dienone is 1. The topological polar surface area (TPSA) is 34.1 Å². The fraction of sp³-hybridized carbons (Fsp3) is 0.810. The first-order valence-electron chi connectivity index (χ1n) is 9.97. The Morgan fingerprint density at radius 2 is 1.91 bits per heavy atom. The van der Waals surface area contributed by atoms with Crippen LogP contribution in [0.5, 0.6) is 0 Å². The van der Waals surface area contributed by atoms with Crippen LogP contribution in [0.3, 0.4) is 0 Å². The van der Waals surface area contributed by atoms with Gasteiger partial charge < -0.3 is 0 Å². The summed E-state index contributed by atoms with van der Waals surface area (Å²) in [5.41, 5.74) is 1.43. The number of hydrogen-bond donors (Lipinski definition) is 0. The molecular weight excluding hydrogens is 284 g/mol. The molecule has 3 fully saturated rings. The van der Waals surface area contributed by atoms with Crippen LogP contribution in [0.1, 0.15) is 73.5 Å². The van der Waals surface area contributed by atoms with Crippen molar-refractivity contribution in [1.29, 1.82) is 0 Å². The Balaban J connectivity index is 1.70. The average Bonchev–Trinajstić information content (AvgIpc) is 2.81. The van der Waals surface area contributed by atoms with E-state index in [1.807, 2.05) is 6.08 Å². The summed E-state index contributed by atoms with van der Waals surface area (Å²) in [6, 6.07) is 0. The number of fused-ring (bicyclic) bond motifs is 5. The maximum absolute atomic E-state index is 12.3. The maximum Gasteiger partial charge on any atom is 0.155 e. The zero-order chi connectivity index (χ0) is 17.3. The van der Waals surface area contributed by atoms with E-state index in [4.69, 9.17) is 1.37 Å². The molecule has 0 radical (unpaired) electrons. The predicted octanol–water partition coefficient (Wildman–Crippen LogP) is 4.72. The van der Waals surface area contributed by atoms with Crippen LogP contribution in [0.25, 0.3) is 0 Å². The molecule has 0 N–H and O–H groups in total. The molecule has 2 heteroatoms. The molecule has 6 atom stereocenters. The Hall–Kier alpha value is -0.920. The smallest absolute Gasteiger partial charge is 0.155 e. The Labute approximate surface area is 141 Å². The molecule has 0 saturated heterocycles. The Morgan fingerprint density at radius 3 is 2.65 bits per heavy atom. The normalized spacial score (nSPS) is 52.8. The number of Topliss-reactive ketones (excluding diaryl/α,β-unsaturated/α-hetero) is 1. The fourth-order valence-corrected chi connectivity index (χ4v) is 6.95. The summed E-state index contributed by atoms with van der Waals surface area (Å²) in [7, 11) is 0. The summed E-state index contributed by atoms with van der Waals surface area (Å²) < 4.78 is 8.91. The lowest BCUT2D eigenvalue weighted by atomic mass is 9.47. The number of ketones is 2. The molecule has 4 aliphatic carbocycles. The second-order valence-electron chi connectivity index (χ2n) is 9.00. The van der Waals surface area contributed by atoms with Crippen molar-refractivity contribution in [3.63, 3.8) is 0 Å². The zero-order valence-corrected chi connectivity index (χ0v) is 14.8. The molecule has 126 valence electrons. The van der Waals surface area contributed by atoms with Crippen LogP contribution in [-0.2, 0) is 9.59 Å². The minimum Gasteiger partial charge on any atom is -0.300 e. The van der Waals surface area contributed by atoms with Crippen molar-refractivity contribution in [2.24, 2.45) is 34.5 Å². The van der Waals surface area contributed by atoms with Crippen LogP contribution >= 0.6 is 0 Å². The van der Waals surface area contributed by atoms with E-state index in [2.05, 4.69) is 13.8 Å². The highest BCUT2D eigenvalue weighted by atomic mass is 16.1. The van der Waals surface area contributed by atoms with Gasteiger partial charge >= 0.3 is 0 Å². The van der Waals surface area contributed by atoms with Crippen molar-refractivity contribution in [2.75, 3.05) is 0 Å². The molecule has 0 aromatic heterocycles. The van der Waals surface area contributed by atoms with E-state index in [1.54, 1.807) is 6.92 Å². The summed E-state index contributed by atoms with van der Waals surface area (Å²) >= 11 is 0. The third-order valence-electron chi connectivity index (χ3n) is 8.17. The second-order valence-corrected chi connectivity index (χ2v) is 9.00. The molecule has 0 unspecified atom stereocenters. The summed E-state index contributed by atoms with van der Waals surface area (Å²) in [6.07, 6.45) is 9.73. The molecule has 0 aromatic rings. The van der Waals surface area contributed by atoms with E-state index in [1.165, 1.54) is 5.57 Å². The van der Waals surface area contributed by atoms with Gasteiger partial charge in [-0.25, -0.2) is 0 Å². The lowest BCUT2D eigenvalue weighted by molar-refractivity contribution is -0.128. The highest BCUT2D eigenvalue weighted by Gasteiger charge is 2.59. The third kappa shape index (κ3) is 2.06. The van der Waals surface area contributed by atoms with Crippen LogP contribution < -0.4 is 0 Å². The Morgan fingerprint density at radius 1 is 1.13 bits per heavy atom. The van der Waals surface area contributed by atoms with Gasteiger partial charge in [0, 0.05) is 13.7 Å². The Kier molecular flexibility index (Phi) is 3.16. The first-order valence-corrected chi connectivity index (χ1v) is 9.47. The highest BCUT2D eigenvalue weighted by molar-refractivity contribution is 5.91. The summed E-state index contributed by atoms with van der Waals surface area (Å²) in [5.74, 6) is 1.28. The summed E-state index contributed by atoms with van der Waals surface area (Å²) in [6.45, 7) is 6.24. The van der Waals surface area contributed by atoms with Gasteiger partial charge in [0.05, 0.1) is 0 Å². The first kappa shape index (κ1) is 14.4. The standard InChI is InChI=1S/C21H30O2/c1-13(22)17-6-7-18-16-5-4-14-12-15(23)8-10-20(14,2)19(16)9-11-21(17,18)3/h12,16-19H,4-11H2,1-3H3/t16-,17+,18-,19-,20-,21+/m0/s1/i17D. The maximum atomic E-state index is 12.3. The van der Waals surface area contributed by atoms with Crippen molar-refractivity contribution >= 4 is 11.6 Å². The molecule has 0 aliphatic heterocycles. The lowest BCUT2D eigenvalue weighted by Gasteiger charge is -2.58. The lowest BCUT2D eigenvalue weighted by Crippen LogP contribution is -2.51.